The van der Waals surface area contributed by atoms with Crippen LogP contribution in [0.3, 0.4) is 0 Å². The summed E-state index contributed by atoms with van der Waals surface area (Å²) in [5, 5.41) is 3.65. The molecule has 2 aliphatic heterocycles. The van der Waals surface area contributed by atoms with E-state index in [4.69, 9.17) is 21.1 Å². The van der Waals surface area contributed by atoms with Crippen molar-refractivity contribution in [2.45, 2.75) is 32.0 Å². The molecule has 0 saturated carbocycles. The summed E-state index contributed by atoms with van der Waals surface area (Å²) in [5.74, 6) is 1.38. The zero-order valence-electron chi connectivity index (χ0n) is 14.1. The monoisotopic (exact) mass is 358 g/mol. The molecule has 6 heteroatoms. The molecule has 2 aromatic rings. The summed E-state index contributed by atoms with van der Waals surface area (Å²) in [6, 6.07) is 12.7. The van der Waals surface area contributed by atoms with Gasteiger partial charge in [0.1, 0.15) is 0 Å². The van der Waals surface area contributed by atoms with Crippen molar-refractivity contribution in [1.29, 1.82) is 0 Å². The molecule has 1 saturated heterocycles. The minimum atomic E-state index is -0.822. The molecule has 5 nitrogen and oxygen atoms in total. The molecule has 2 bridgehead atoms. The van der Waals surface area contributed by atoms with Gasteiger partial charge in [-0.3, -0.25) is 4.90 Å². The first-order valence-corrected chi connectivity index (χ1v) is 8.70. The van der Waals surface area contributed by atoms with E-state index in [0.29, 0.717) is 35.2 Å². The normalized spacial score (nSPS) is 24.2. The number of hydrogen-bond donors (Lipinski definition) is 1. The van der Waals surface area contributed by atoms with Gasteiger partial charge in [-0.2, -0.15) is 0 Å². The smallest absolute Gasteiger partial charge is 0.325 e. The Hall–Kier alpha value is -2.40. The number of halogens is 1. The number of urea groups is 1. The van der Waals surface area contributed by atoms with Crippen molar-refractivity contribution < 1.29 is 14.3 Å². The molecule has 0 spiro atoms. The Kier molecular flexibility index (Phi) is 3.76. The summed E-state index contributed by atoms with van der Waals surface area (Å²) in [5.41, 5.74) is 0.823. The number of rotatable bonds is 3. The van der Waals surface area contributed by atoms with E-state index in [2.05, 4.69) is 5.32 Å². The zero-order chi connectivity index (χ0) is 17.6. The number of fused-ring (bicyclic) bond motifs is 4. The highest BCUT2D eigenvalue weighted by atomic mass is 35.5. The largest absolute Gasteiger partial charge is 0.490 e. The van der Waals surface area contributed by atoms with Gasteiger partial charge in [0, 0.05) is 17.0 Å². The molecule has 130 valence electrons. The Labute approximate surface area is 151 Å². The summed E-state index contributed by atoms with van der Waals surface area (Å²) >= 11 is 6.12. The van der Waals surface area contributed by atoms with Crippen LogP contribution in [0.2, 0.25) is 5.02 Å². The number of carbonyl (C=O) groups excluding carboxylic acids is 1. The quantitative estimate of drug-likeness (QED) is 0.878. The number of benzene rings is 2. The van der Waals surface area contributed by atoms with Gasteiger partial charge in [-0.1, -0.05) is 29.8 Å². The molecule has 25 heavy (non-hydrogen) atoms. The Morgan fingerprint density at radius 1 is 1.36 bits per heavy atom. The molecule has 0 aromatic heterocycles. The summed E-state index contributed by atoms with van der Waals surface area (Å²) in [6.45, 7) is 4.40. The molecule has 1 fully saturated rings. The lowest BCUT2D eigenvalue weighted by Gasteiger charge is -2.50. The second kappa shape index (κ2) is 5.85. The maximum Gasteiger partial charge on any atom is 0.325 e. The molecule has 2 aliphatic rings. The highest BCUT2D eigenvalue weighted by Gasteiger charge is 2.50. The Morgan fingerprint density at radius 3 is 2.92 bits per heavy atom. The number of hydrogen-bond acceptors (Lipinski definition) is 3. The summed E-state index contributed by atoms with van der Waals surface area (Å²) in [6.07, 6.45) is 0.633. The van der Waals surface area contributed by atoms with Crippen molar-refractivity contribution in [3.8, 4) is 11.5 Å². The number of nitrogens with one attached hydrogen (secondary N) is 1. The van der Waals surface area contributed by atoms with E-state index in [1.807, 2.05) is 44.2 Å². The molecule has 0 radical (unpaired) electrons. The van der Waals surface area contributed by atoms with Crippen molar-refractivity contribution in [3.63, 3.8) is 0 Å². The predicted octanol–water partition coefficient (Wildman–Crippen LogP) is 4.51. The third kappa shape index (κ3) is 2.59. The predicted molar refractivity (Wildman–Crippen MR) is 96.5 cm³/mol. The average Bonchev–Trinajstić information content (AvgIpc) is 2.55. The van der Waals surface area contributed by atoms with E-state index in [0.717, 1.165) is 5.56 Å². The Morgan fingerprint density at radius 2 is 2.16 bits per heavy atom. The third-order valence-corrected chi connectivity index (χ3v) is 4.86. The van der Waals surface area contributed by atoms with E-state index < -0.39 is 5.72 Å². The van der Waals surface area contributed by atoms with Gasteiger partial charge in [-0.05, 0) is 38.1 Å². The first kappa shape index (κ1) is 16.1. The van der Waals surface area contributed by atoms with E-state index in [1.54, 1.807) is 17.0 Å². The molecule has 2 amide bonds. The first-order valence-electron chi connectivity index (χ1n) is 8.33. The van der Waals surface area contributed by atoms with Crippen LogP contribution in [0, 0.1) is 0 Å². The molecule has 2 heterocycles. The average molecular weight is 359 g/mol. The highest BCUT2D eigenvalue weighted by Crippen LogP contribution is 2.49. The van der Waals surface area contributed by atoms with Crippen LogP contribution in [0.15, 0.2) is 42.5 Å². The molecule has 1 N–H and O–H groups in total. The minimum Gasteiger partial charge on any atom is -0.490 e. The van der Waals surface area contributed by atoms with Crippen LogP contribution in [0.25, 0.3) is 0 Å². The Balaban J connectivity index is 1.81. The van der Waals surface area contributed by atoms with Crippen molar-refractivity contribution in [2.24, 2.45) is 0 Å². The van der Waals surface area contributed by atoms with Gasteiger partial charge in [0.2, 0.25) is 0 Å². The molecular formula is C19H19ClN2O3. The highest BCUT2D eigenvalue weighted by molar-refractivity contribution is 6.30. The van der Waals surface area contributed by atoms with Crippen LogP contribution in [-0.2, 0) is 0 Å². The van der Waals surface area contributed by atoms with Crippen LogP contribution in [0.1, 0.15) is 31.9 Å². The molecule has 2 aromatic carbocycles. The molecule has 4 rings (SSSR count). The van der Waals surface area contributed by atoms with Gasteiger partial charge in [0.25, 0.3) is 0 Å². The first-order chi connectivity index (χ1) is 12.0. The number of para-hydroxylation sites is 1. The topological polar surface area (TPSA) is 50.8 Å². The zero-order valence-corrected chi connectivity index (χ0v) is 14.8. The number of carbonyl (C=O) groups is 1. The van der Waals surface area contributed by atoms with E-state index in [-0.39, 0.29) is 12.1 Å². The van der Waals surface area contributed by atoms with Gasteiger partial charge in [-0.15, -0.1) is 0 Å². The lowest BCUT2D eigenvalue weighted by atomic mass is 9.90. The second-order valence-electron chi connectivity index (χ2n) is 6.41. The van der Waals surface area contributed by atoms with Crippen molar-refractivity contribution in [1.82, 2.24) is 5.32 Å². The van der Waals surface area contributed by atoms with Crippen LogP contribution in [-0.4, -0.2) is 18.4 Å². The van der Waals surface area contributed by atoms with Gasteiger partial charge in [0.05, 0.1) is 18.3 Å². The van der Waals surface area contributed by atoms with E-state index in [1.165, 1.54) is 0 Å². The number of amides is 2. The van der Waals surface area contributed by atoms with Gasteiger partial charge in [-0.25, -0.2) is 4.79 Å². The third-order valence-electron chi connectivity index (χ3n) is 4.63. The molecule has 0 aliphatic carbocycles. The maximum atomic E-state index is 12.8. The van der Waals surface area contributed by atoms with Crippen LogP contribution in [0.5, 0.6) is 11.5 Å². The minimum absolute atomic E-state index is 0.114. The summed E-state index contributed by atoms with van der Waals surface area (Å²) in [4.78, 5) is 14.4. The van der Waals surface area contributed by atoms with Gasteiger partial charge in [0.15, 0.2) is 17.2 Å². The van der Waals surface area contributed by atoms with Crippen molar-refractivity contribution in [2.75, 3.05) is 11.5 Å². The molecular weight excluding hydrogens is 340 g/mol. The van der Waals surface area contributed by atoms with Gasteiger partial charge >= 0.3 is 6.03 Å². The molecule has 2 atom stereocenters. The van der Waals surface area contributed by atoms with Gasteiger partial charge < -0.3 is 14.8 Å². The fraction of sp³-hybridized carbons (Fsp3) is 0.316. The van der Waals surface area contributed by atoms with Crippen LogP contribution in [0.4, 0.5) is 10.5 Å². The number of ether oxygens (including phenoxy) is 2. The van der Waals surface area contributed by atoms with Crippen LogP contribution >= 0.6 is 11.6 Å². The summed E-state index contributed by atoms with van der Waals surface area (Å²) in [7, 11) is 0. The van der Waals surface area contributed by atoms with Crippen LogP contribution < -0.4 is 19.7 Å². The van der Waals surface area contributed by atoms with Crippen molar-refractivity contribution in [3.05, 3.63) is 53.1 Å². The van der Waals surface area contributed by atoms with Crippen molar-refractivity contribution >= 4 is 23.3 Å². The fourth-order valence-electron chi connectivity index (χ4n) is 3.64. The number of nitrogens with zero attached hydrogens (tertiary/aromatic N) is 1. The number of anilines is 1. The summed E-state index contributed by atoms with van der Waals surface area (Å²) < 4.78 is 12.1. The fourth-order valence-corrected chi connectivity index (χ4v) is 3.82. The van der Waals surface area contributed by atoms with E-state index in [9.17, 15) is 4.79 Å². The maximum absolute atomic E-state index is 12.8. The second-order valence-corrected chi connectivity index (χ2v) is 6.84. The SMILES string of the molecule is CCOc1cccc2c1O[C@]1(C)C[C@@H]2NC(=O)N1c1cccc(Cl)c1. The van der Waals surface area contributed by atoms with E-state index >= 15 is 0 Å². The lowest BCUT2D eigenvalue weighted by Crippen LogP contribution is -2.65. The lowest BCUT2D eigenvalue weighted by molar-refractivity contribution is 0.0343. The molecule has 0 unspecified atom stereocenters. The Bertz CT molecular complexity index is 841. The standard InChI is InChI=1S/C19H19ClN2O3/c1-3-24-16-9-5-8-14-15-11-19(2,25-17(14)16)22(18(23)21-15)13-7-4-6-12(20)10-13/h4-10,15H,3,11H2,1-2H3,(H,21,23)/t15-,19+/m0/s1.